The summed E-state index contributed by atoms with van der Waals surface area (Å²) in [6.07, 6.45) is 0. The van der Waals surface area contributed by atoms with Crippen molar-refractivity contribution in [3.05, 3.63) is 73.4 Å². The Morgan fingerprint density at radius 2 is 2.04 bits per heavy atom. The minimum Gasteiger partial charge on any atom is -0.440 e. The van der Waals surface area contributed by atoms with Gasteiger partial charge in [-0.1, -0.05) is 28.1 Å². The maximum absolute atomic E-state index is 13.0. The summed E-state index contributed by atoms with van der Waals surface area (Å²) in [5.41, 5.74) is 8.13. The van der Waals surface area contributed by atoms with E-state index in [-0.39, 0.29) is 17.0 Å². The van der Waals surface area contributed by atoms with Crippen molar-refractivity contribution in [2.75, 3.05) is 0 Å². The van der Waals surface area contributed by atoms with Crippen molar-refractivity contribution in [1.29, 1.82) is 5.26 Å². The number of rotatable bonds is 2. The molecule has 0 fully saturated rings. The van der Waals surface area contributed by atoms with E-state index in [1.165, 1.54) is 0 Å². The van der Waals surface area contributed by atoms with E-state index in [4.69, 9.17) is 10.5 Å². The molecule has 1 aliphatic heterocycles. The van der Waals surface area contributed by atoms with Crippen LogP contribution < -0.4 is 16.0 Å². The Morgan fingerprint density at radius 3 is 2.62 bits per heavy atom. The number of aromatic nitrogens is 1. The van der Waals surface area contributed by atoms with Crippen molar-refractivity contribution >= 4 is 15.9 Å². The third-order valence-electron chi connectivity index (χ3n) is 4.21. The van der Waals surface area contributed by atoms with Gasteiger partial charge >= 0.3 is 0 Å². The average Bonchev–Trinajstić information content (AvgIpc) is 2.54. The third-order valence-corrected chi connectivity index (χ3v) is 4.74. The number of hydrogen-bond donors (Lipinski definition) is 1. The number of aryl methyl sites for hydroxylation is 1. The summed E-state index contributed by atoms with van der Waals surface area (Å²) in [6.45, 7) is 4.31. The van der Waals surface area contributed by atoms with E-state index in [0.29, 0.717) is 17.9 Å². The van der Waals surface area contributed by atoms with Gasteiger partial charge in [0.2, 0.25) is 5.88 Å². The summed E-state index contributed by atoms with van der Waals surface area (Å²) in [4.78, 5) is 13.0. The van der Waals surface area contributed by atoms with E-state index in [1.54, 1.807) is 10.6 Å². The number of benzene rings is 1. The molecule has 2 aromatic rings. The number of fused-ring (bicyclic) bond motifs is 1. The minimum absolute atomic E-state index is 0.0472. The largest absolute Gasteiger partial charge is 0.440 e. The fraction of sp³-hybridized carbons (Fsp3) is 0.222. The van der Waals surface area contributed by atoms with Crippen LogP contribution in [0.3, 0.4) is 0 Å². The maximum atomic E-state index is 13.0. The highest BCUT2D eigenvalue weighted by molar-refractivity contribution is 9.10. The predicted octanol–water partition coefficient (Wildman–Crippen LogP) is 3.16. The third kappa shape index (κ3) is 2.51. The fourth-order valence-electron chi connectivity index (χ4n) is 3.07. The number of pyridine rings is 1. The van der Waals surface area contributed by atoms with Crippen LogP contribution in [0, 0.1) is 18.3 Å². The molecule has 0 radical (unpaired) electrons. The van der Waals surface area contributed by atoms with E-state index in [2.05, 4.69) is 22.0 Å². The van der Waals surface area contributed by atoms with Crippen LogP contribution in [0.2, 0.25) is 0 Å². The lowest BCUT2D eigenvalue weighted by Crippen LogP contribution is -2.32. The number of halogens is 1. The first-order valence-electron chi connectivity index (χ1n) is 7.55. The monoisotopic (exact) mass is 385 g/mol. The standard InChI is InChI=1S/C18H16BrN3O2/c1-3-22-10(2)8-14-16(18(22)23)15(13(9-20)17(21)24-14)11-4-6-12(19)7-5-11/h4-8,15H,3,21H2,1-2H3/t15-/m0/s1. The Bertz CT molecular complexity index is 936. The first-order valence-corrected chi connectivity index (χ1v) is 8.34. The van der Waals surface area contributed by atoms with Crippen molar-refractivity contribution in [1.82, 2.24) is 4.57 Å². The molecule has 1 atom stereocenters. The fourth-order valence-corrected chi connectivity index (χ4v) is 3.33. The Balaban J connectivity index is 2.33. The second-order valence-electron chi connectivity index (χ2n) is 5.59. The highest BCUT2D eigenvalue weighted by Crippen LogP contribution is 2.40. The summed E-state index contributed by atoms with van der Waals surface area (Å²) in [5, 5.41) is 9.56. The molecule has 6 heteroatoms. The molecule has 2 N–H and O–H groups in total. The zero-order valence-electron chi connectivity index (χ0n) is 13.3. The molecule has 0 aliphatic carbocycles. The van der Waals surface area contributed by atoms with Crippen LogP contribution in [-0.2, 0) is 6.54 Å². The topological polar surface area (TPSA) is 81.0 Å². The van der Waals surface area contributed by atoms with E-state index in [9.17, 15) is 10.1 Å². The van der Waals surface area contributed by atoms with Gasteiger partial charge in [0.25, 0.3) is 5.56 Å². The van der Waals surface area contributed by atoms with Gasteiger partial charge in [-0.3, -0.25) is 4.79 Å². The maximum Gasteiger partial charge on any atom is 0.258 e. The first-order chi connectivity index (χ1) is 11.5. The lowest BCUT2D eigenvalue weighted by atomic mass is 9.84. The van der Waals surface area contributed by atoms with Gasteiger partial charge in [-0.25, -0.2) is 0 Å². The van der Waals surface area contributed by atoms with Gasteiger partial charge in [0, 0.05) is 22.8 Å². The van der Waals surface area contributed by atoms with E-state index in [0.717, 1.165) is 15.7 Å². The first kappa shape index (κ1) is 16.3. The summed E-state index contributed by atoms with van der Waals surface area (Å²) in [5.74, 6) is -0.0599. The number of ether oxygens (including phenoxy) is 1. The molecule has 1 aromatic carbocycles. The molecule has 0 amide bonds. The summed E-state index contributed by atoms with van der Waals surface area (Å²) in [7, 11) is 0. The van der Waals surface area contributed by atoms with Gasteiger partial charge in [-0.15, -0.1) is 0 Å². The minimum atomic E-state index is -0.530. The van der Waals surface area contributed by atoms with Gasteiger partial charge in [0.05, 0.1) is 11.5 Å². The van der Waals surface area contributed by atoms with E-state index in [1.807, 2.05) is 38.1 Å². The number of nitrogens with zero attached hydrogens (tertiary/aromatic N) is 2. The molecule has 1 aromatic heterocycles. The average molecular weight is 386 g/mol. The molecule has 2 heterocycles. The van der Waals surface area contributed by atoms with Gasteiger partial charge in [0.1, 0.15) is 17.4 Å². The normalized spacial score (nSPS) is 16.3. The van der Waals surface area contributed by atoms with Crippen molar-refractivity contribution in [3.8, 4) is 11.8 Å². The van der Waals surface area contributed by atoms with Crippen LogP contribution in [-0.4, -0.2) is 4.57 Å². The van der Waals surface area contributed by atoms with Crippen molar-refractivity contribution in [3.63, 3.8) is 0 Å². The number of nitrogens with two attached hydrogens (primary N) is 1. The quantitative estimate of drug-likeness (QED) is 0.860. The molecule has 122 valence electrons. The Morgan fingerprint density at radius 1 is 1.38 bits per heavy atom. The van der Waals surface area contributed by atoms with E-state index < -0.39 is 5.92 Å². The molecule has 5 nitrogen and oxygen atoms in total. The van der Waals surface area contributed by atoms with Gasteiger partial charge < -0.3 is 15.0 Å². The second kappa shape index (κ2) is 6.17. The van der Waals surface area contributed by atoms with Crippen LogP contribution in [0.15, 0.2) is 51.1 Å². The van der Waals surface area contributed by atoms with Crippen LogP contribution in [0.5, 0.6) is 5.75 Å². The number of hydrogen-bond acceptors (Lipinski definition) is 4. The number of nitriles is 1. The summed E-state index contributed by atoms with van der Waals surface area (Å²) in [6, 6.07) is 11.4. The molecule has 1 aliphatic rings. The zero-order chi connectivity index (χ0) is 17.4. The second-order valence-corrected chi connectivity index (χ2v) is 6.51. The van der Waals surface area contributed by atoms with Crippen LogP contribution in [0.1, 0.15) is 29.7 Å². The molecule has 3 rings (SSSR count). The SMILES string of the molecule is CCn1c(C)cc2c(c1=O)[C@@H](c1ccc(Br)cc1)C(C#N)=C(N)O2. The molecular formula is C18H16BrN3O2. The molecule has 0 spiro atoms. The summed E-state index contributed by atoms with van der Waals surface area (Å²) < 4.78 is 8.18. The molecule has 0 saturated heterocycles. The number of allylic oxidation sites excluding steroid dienone is 1. The highest BCUT2D eigenvalue weighted by Gasteiger charge is 2.34. The Hall–Kier alpha value is -2.52. The van der Waals surface area contributed by atoms with Gasteiger partial charge in [-0.05, 0) is 31.5 Å². The lowest BCUT2D eigenvalue weighted by Gasteiger charge is -2.27. The summed E-state index contributed by atoms with van der Waals surface area (Å²) >= 11 is 3.40. The van der Waals surface area contributed by atoms with Crippen molar-refractivity contribution in [2.45, 2.75) is 26.3 Å². The molecule has 0 saturated carbocycles. The molecule has 0 bridgehead atoms. The molecule has 24 heavy (non-hydrogen) atoms. The van der Waals surface area contributed by atoms with Crippen LogP contribution in [0.4, 0.5) is 0 Å². The van der Waals surface area contributed by atoms with E-state index >= 15 is 0 Å². The molecular weight excluding hydrogens is 370 g/mol. The lowest BCUT2D eigenvalue weighted by molar-refractivity contribution is 0.388. The smallest absolute Gasteiger partial charge is 0.258 e. The highest BCUT2D eigenvalue weighted by atomic mass is 79.9. The van der Waals surface area contributed by atoms with Crippen molar-refractivity contribution < 1.29 is 4.74 Å². The Labute approximate surface area is 148 Å². The zero-order valence-corrected chi connectivity index (χ0v) is 14.9. The van der Waals surface area contributed by atoms with Gasteiger partial charge in [0.15, 0.2) is 0 Å². The molecule has 0 unspecified atom stereocenters. The van der Waals surface area contributed by atoms with Crippen molar-refractivity contribution in [2.24, 2.45) is 5.73 Å². The van der Waals surface area contributed by atoms with Gasteiger partial charge in [-0.2, -0.15) is 5.26 Å². The van der Waals surface area contributed by atoms with Crippen LogP contribution >= 0.6 is 15.9 Å². The van der Waals surface area contributed by atoms with Crippen LogP contribution in [0.25, 0.3) is 0 Å². The predicted molar refractivity (Wildman–Crippen MR) is 94.6 cm³/mol. The Kier molecular flexibility index (Phi) is 4.20.